The Morgan fingerprint density at radius 1 is 1.35 bits per heavy atom. The summed E-state index contributed by atoms with van der Waals surface area (Å²) in [7, 11) is 0. The predicted molar refractivity (Wildman–Crippen MR) is 68.5 cm³/mol. The van der Waals surface area contributed by atoms with Gasteiger partial charge in [-0.15, -0.1) is 0 Å². The van der Waals surface area contributed by atoms with Crippen molar-refractivity contribution in [3.63, 3.8) is 0 Å². The summed E-state index contributed by atoms with van der Waals surface area (Å²) in [4.78, 5) is 11.5. The van der Waals surface area contributed by atoms with Gasteiger partial charge in [0.2, 0.25) is 0 Å². The molecule has 0 aliphatic rings. The first-order valence-corrected chi connectivity index (χ1v) is 5.63. The Labute approximate surface area is 106 Å². The maximum atomic E-state index is 11.5. The number of hydrogen-bond acceptors (Lipinski definition) is 2. The van der Waals surface area contributed by atoms with Crippen molar-refractivity contribution in [2.45, 2.75) is 13.8 Å². The molecular formula is C14H13ClO2. The van der Waals surface area contributed by atoms with E-state index in [4.69, 9.17) is 16.3 Å². The van der Waals surface area contributed by atoms with Crippen molar-refractivity contribution < 1.29 is 9.53 Å². The Bertz CT molecular complexity index is 474. The van der Waals surface area contributed by atoms with E-state index in [2.05, 4.69) is 11.8 Å². The van der Waals surface area contributed by atoms with Crippen molar-refractivity contribution >= 4 is 17.6 Å². The molecule has 0 bridgehead atoms. The number of carbonyl (C=O) groups excluding carboxylic acids is 1. The number of allylic oxidation sites excluding steroid dienone is 1. The van der Waals surface area contributed by atoms with Crippen molar-refractivity contribution in [2.24, 2.45) is 0 Å². The molecule has 0 unspecified atom stereocenters. The number of benzene rings is 1. The van der Waals surface area contributed by atoms with Gasteiger partial charge in [0.1, 0.15) is 5.57 Å². The van der Waals surface area contributed by atoms with E-state index in [-0.39, 0.29) is 5.57 Å². The number of halogens is 1. The van der Waals surface area contributed by atoms with E-state index in [1.165, 1.54) is 0 Å². The highest BCUT2D eigenvalue weighted by atomic mass is 35.5. The summed E-state index contributed by atoms with van der Waals surface area (Å²) >= 11 is 5.82. The first-order chi connectivity index (χ1) is 8.15. The van der Waals surface area contributed by atoms with E-state index in [1.54, 1.807) is 13.8 Å². The van der Waals surface area contributed by atoms with Crippen LogP contribution in [0.2, 0.25) is 0 Å². The van der Waals surface area contributed by atoms with Crippen LogP contribution in [-0.4, -0.2) is 12.6 Å². The molecule has 17 heavy (non-hydrogen) atoms. The number of esters is 1. The number of hydrogen-bond donors (Lipinski definition) is 0. The van der Waals surface area contributed by atoms with Gasteiger partial charge in [-0.25, -0.2) is 4.79 Å². The zero-order chi connectivity index (χ0) is 12.7. The molecule has 0 atom stereocenters. The highest BCUT2D eigenvalue weighted by Crippen LogP contribution is 2.10. The van der Waals surface area contributed by atoms with Gasteiger partial charge in [0.05, 0.1) is 6.61 Å². The summed E-state index contributed by atoms with van der Waals surface area (Å²) in [5.41, 5.74) is 1.03. The molecule has 1 aromatic rings. The topological polar surface area (TPSA) is 26.3 Å². The van der Waals surface area contributed by atoms with Crippen molar-refractivity contribution in [3.8, 4) is 11.8 Å². The van der Waals surface area contributed by atoms with E-state index in [1.807, 2.05) is 30.3 Å². The van der Waals surface area contributed by atoms with Crippen molar-refractivity contribution in [2.75, 3.05) is 6.61 Å². The highest BCUT2D eigenvalue weighted by molar-refractivity contribution is 6.31. The van der Waals surface area contributed by atoms with Crippen LogP contribution in [-0.2, 0) is 9.53 Å². The smallest absolute Gasteiger partial charge is 0.347 e. The number of carbonyl (C=O) groups is 1. The lowest BCUT2D eigenvalue weighted by molar-refractivity contribution is -0.138. The fraction of sp³-hybridized carbons (Fsp3) is 0.214. The normalized spacial score (nSPS) is 11.0. The molecule has 0 fully saturated rings. The summed E-state index contributed by atoms with van der Waals surface area (Å²) in [6.07, 6.45) is 0. The molecule has 0 saturated heterocycles. The molecule has 0 spiro atoms. The average molecular weight is 249 g/mol. The van der Waals surface area contributed by atoms with E-state index < -0.39 is 5.97 Å². The molecule has 1 rings (SSSR count). The SMILES string of the molecule is CCOC(=O)/C(C#Cc1ccccc1)=C(/C)Cl. The van der Waals surface area contributed by atoms with Gasteiger partial charge in [0, 0.05) is 10.6 Å². The summed E-state index contributed by atoms with van der Waals surface area (Å²) in [6, 6.07) is 9.38. The minimum Gasteiger partial charge on any atom is -0.462 e. The van der Waals surface area contributed by atoms with Gasteiger partial charge in [-0.2, -0.15) is 0 Å². The van der Waals surface area contributed by atoms with E-state index in [0.29, 0.717) is 11.6 Å². The van der Waals surface area contributed by atoms with Gasteiger partial charge < -0.3 is 4.74 Å². The fourth-order valence-corrected chi connectivity index (χ4v) is 1.26. The molecule has 3 heteroatoms. The maximum absolute atomic E-state index is 11.5. The molecule has 88 valence electrons. The molecule has 0 aliphatic carbocycles. The lowest BCUT2D eigenvalue weighted by atomic mass is 10.2. The number of ether oxygens (including phenoxy) is 1. The second-order valence-corrected chi connectivity index (χ2v) is 3.81. The van der Waals surface area contributed by atoms with Crippen LogP contribution in [0.4, 0.5) is 0 Å². The van der Waals surface area contributed by atoms with Crippen LogP contribution in [0.15, 0.2) is 40.9 Å². The van der Waals surface area contributed by atoms with Gasteiger partial charge in [0.15, 0.2) is 0 Å². The van der Waals surface area contributed by atoms with E-state index in [9.17, 15) is 4.79 Å². The van der Waals surface area contributed by atoms with Gasteiger partial charge in [-0.1, -0.05) is 41.6 Å². The third-order valence-electron chi connectivity index (χ3n) is 1.93. The third kappa shape index (κ3) is 4.34. The quantitative estimate of drug-likeness (QED) is 0.457. The van der Waals surface area contributed by atoms with Crippen molar-refractivity contribution in [1.29, 1.82) is 0 Å². The van der Waals surface area contributed by atoms with Gasteiger partial charge in [-0.3, -0.25) is 0 Å². The molecule has 0 radical (unpaired) electrons. The largest absolute Gasteiger partial charge is 0.462 e. The minimum absolute atomic E-state index is 0.206. The average Bonchev–Trinajstić information content (AvgIpc) is 2.30. The number of rotatable bonds is 2. The molecule has 0 aliphatic heterocycles. The maximum Gasteiger partial charge on any atom is 0.347 e. The Kier molecular flexibility index (Phi) is 5.32. The first kappa shape index (κ1) is 13.3. The lowest BCUT2D eigenvalue weighted by Gasteiger charge is -2.00. The van der Waals surface area contributed by atoms with Crippen LogP contribution in [0.5, 0.6) is 0 Å². The first-order valence-electron chi connectivity index (χ1n) is 5.25. The van der Waals surface area contributed by atoms with E-state index >= 15 is 0 Å². The molecule has 2 nitrogen and oxygen atoms in total. The second-order valence-electron chi connectivity index (χ2n) is 3.24. The van der Waals surface area contributed by atoms with Crippen LogP contribution < -0.4 is 0 Å². The summed E-state index contributed by atoms with van der Waals surface area (Å²) in [6.45, 7) is 3.66. The zero-order valence-electron chi connectivity index (χ0n) is 9.79. The Morgan fingerprint density at radius 2 is 2.00 bits per heavy atom. The lowest BCUT2D eigenvalue weighted by Crippen LogP contribution is -2.07. The monoisotopic (exact) mass is 248 g/mol. The highest BCUT2D eigenvalue weighted by Gasteiger charge is 2.10. The molecule has 0 amide bonds. The predicted octanol–water partition coefficient (Wildman–Crippen LogP) is 3.11. The molecule has 0 saturated carbocycles. The van der Waals surface area contributed by atoms with E-state index in [0.717, 1.165) is 5.56 Å². The van der Waals surface area contributed by atoms with Crippen LogP contribution in [0.1, 0.15) is 19.4 Å². The molecule has 0 N–H and O–H groups in total. The zero-order valence-corrected chi connectivity index (χ0v) is 10.5. The summed E-state index contributed by atoms with van der Waals surface area (Å²) < 4.78 is 4.87. The van der Waals surface area contributed by atoms with Gasteiger partial charge >= 0.3 is 5.97 Å². The van der Waals surface area contributed by atoms with Crippen LogP contribution in [0, 0.1) is 11.8 Å². The Balaban J connectivity index is 2.94. The van der Waals surface area contributed by atoms with Gasteiger partial charge in [-0.05, 0) is 26.0 Å². The van der Waals surface area contributed by atoms with Crippen LogP contribution in [0.3, 0.4) is 0 Å². The standard InChI is InChI=1S/C14H13ClO2/c1-3-17-14(16)13(11(2)15)10-9-12-7-5-4-6-8-12/h4-8H,3H2,1-2H3/b13-11-. The fourth-order valence-electron chi connectivity index (χ4n) is 1.14. The molecule has 1 aromatic carbocycles. The Morgan fingerprint density at radius 3 is 2.53 bits per heavy atom. The third-order valence-corrected chi connectivity index (χ3v) is 2.12. The van der Waals surface area contributed by atoms with Crippen LogP contribution in [0.25, 0.3) is 0 Å². The molecular weight excluding hydrogens is 236 g/mol. The van der Waals surface area contributed by atoms with Crippen molar-refractivity contribution in [3.05, 3.63) is 46.5 Å². The van der Waals surface area contributed by atoms with Gasteiger partial charge in [0.25, 0.3) is 0 Å². The van der Waals surface area contributed by atoms with Crippen LogP contribution >= 0.6 is 11.6 Å². The second kappa shape index (κ2) is 6.78. The summed E-state index contributed by atoms with van der Waals surface area (Å²) in [5, 5.41) is 0.340. The van der Waals surface area contributed by atoms with Crippen molar-refractivity contribution in [1.82, 2.24) is 0 Å². The summed E-state index contributed by atoms with van der Waals surface area (Å²) in [5.74, 6) is 5.13. The molecule has 0 aromatic heterocycles. The Hall–Kier alpha value is -1.72. The molecule has 0 heterocycles. The minimum atomic E-state index is -0.483.